The van der Waals surface area contributed by atoms with Gasteiger partial charge in [-0.3, -0.25) is 19.9 Å². The van der Waals surface area contributed by atoms with Crippen LogP contribution in [0.3, 0.4) is 0 Å². The van der Waals surface area contributed by atoms with E-state index in [1.165, 1.54) is 24.5 Å². The number of aromatic nitrogens is 4. The van der Waals surface area contributed by atoms with Gasteiger partial charge in [0.15, 0.2) is 5.16 Å². The minimum absolute atomic E-state index is 0.171. The Morgan fingerprint density at radius 3 is 2.77 bits per heavy atom. The summed E-state index contributed by atoms with van der Waals surface area (Å²) < 4.78 is 7.03. The number of hydrogen-bond donors (Lipinski definition) is 1. The highest BCUT2D eigenvalue weighted by atomic mass is 32.2. The number of carbonyl (C=O) groups excluding carboxylic acids is 1. The zero-order valence-electron chi connectivity index (χ0n) is 16.9. The average Bonchev–Trinajstić information content (AvgIpc) is 3.12. The van der Waals surface area contributed by atoms with Gasteiger partial charge in [-0.15, -0.1) is 10.2 Å². The molecule has 3 aromatic rings. The average molecular weight is 428 g/mol. The first-order chi connectivity index (χ1) is 14.3. The van der Waals surface area contributed by atoms with E-state index < -0.39 is 10.8 Å². The molecule has 1 aromatic carbocycles. The smallest absolute Gasteiger partial charge is 0.284 e. The van der Waals surface area contributed by atoms with Crippen LogP contribution in [-0.4, -0.2) is 37.7 Å². The number of pyridine rings is 1. The van der Waals surface area contributed by atoms with Gasteiger partial charge in [0.2, 0.25) is 0 Å². The number of nitro groups is 1. The van der Waals surface area contributed by atoms with E-state index in [0.717, 1.165) is 28.6 Å². The summed E-state index contributed by atoms with van der Waals surface area (Å²) in [7, 11) is 3.32. The number of methoxy groups -OCH3 is 1. The van der Waals surface area contributed by atoms with Crippen molar-refractivity contribution >= 4 is 23.4 Å². The lowest BCUT2D eigenvalue weighted by Gasteiger charge is -2.13. The molecule has 0 fully saturated rings. The van der Waals surface area contributed by atoms with Gasteiger partial charge in [-0.1, -0.05) is 0 Å². The molecule has 11 heteroatoms. The molecule has 156 valence electrons. The maximum atomic E-state index is 12.6. The first-order valence-corrected chi connectivity index (χ1v) is 9.71. The summed E-state index contributed by atoms with van der Waals surface area (Å²) in [4.78, 5) is 28.3. The lowest BCUT2D eigenvalue weighted by Crippen LogP contribution is -2.24. The van der Waals surface area contributed by atoms with Crippen LogP contribution in [0.5, 0.6) is 5.75 Å². The van der Waals surface area contributed by atoms with Gasteiger partial charge in [0, 0.05) is 36.0 Å². The SMILES string of the molecule is COc1c(C)cnc(CNC(=O)c2ccc(Sc3nncn3C)c([N+](=O)[O-])c2)c1C. The minimum atomic E-state index is -0.522. The van der Waals surface area contributed by atoms with Crippen molar-refractivity contribution in [1.82, 2.24) is 25.1 Å². The van der Waals surface area contributed by atoms with Crippen molar-refractivity contribution in [2.75, 3.05) is 7.11 Å². The molecule has 0 saturated carbocycles. The third-order valence-corrected chi connectivity index (χ3v) is 5.57. The van der Waals surface area contributed by atoms with E-state index in [1.54, 1.807) is 24.9 Å². The molecule has 10 nitrogen and oxygen atoms in total. The van der Waals surface area contributed by atoms with Crippen molar-refractivity contribution in [3.8, 4) is 5.75 Å². The highest BCUT2D eigenvalue weighted by Gasteiger charge is 2.20. The predicted octanol–water partition coefficient (Wildman–Crippen LogP) is 2.82. The molecule has 3 rings (SSSR count). The number of carbonyl (C=O) groups is 1. The van der Waals surface area contributed by atoms with Crippen LogP contribution in [0.15, 0.2) is 40.8 Å². The fraction of sp³-hybridized carbons (Fsp3) is 0.263. The molecule has 0 aliphatic rings. The van der Waals surface area contributed by atoms with Crippen LogP contribution in [0.4, 0.5) is 5.69 Å². The van der Waals surface area contributed by atoms with Crippen LogP contribution in [-0.2, 0) is 13.6 Å². The lowest BCUT2D eigenvalue weighted by molar-refractivity contribution is -0.387. The van der Waals surface area contributed by atoms with Crippen LogP contribution < -0.4 is 10.1 Å². The Hall–Kier alpha value is -3.47. The predicted molar refractivity (Wildman–Crippen MR) is 110 cm³/mol. The van der Waals surface area contributed by atoms with E-state index in [9.17, 15) is 14.9 Å². The molecule has 1 amide bonds. The van der Waals surface area contributed by atoms with Crippen LogP contribution in [0.25, 0.3) is 0 Å². The Balaban J connectivity index is 1.79. The van der Waals surface area contributed by atoms with Crippen LogP contribution in [0.2, 0.25) is 0 Å². The number of nitro benzene ring substituents is 1. The number of ether oxygens (including phenoxy) is 1. The fourth-order valence-corrected chi connectivity index (χ4v) is 3.72. The number of rotatable bonds is 7. The van der Waals surface area contributed by atoms with Crippen LogP contribution >= 0.6 is 11.8 Å². The van der Waals surface area contributed by atoms with E-state index >= 15 is 0 Å². The first-order valence-electron chi connectivity index (χ1n) is 8.89. The van der Waals surface area contributed by atoms with Crippen molar-refractivity contribution in [2.45, 2.75) is 30.4 Å². The highest BCUT2D eigenvalue weighted by Crippen LogP contribution is 2.34. The number of nitrogens with zero attached hydrogens (tertiary/aromatic N) is 5. The highest BCUT2D eigenvalue weighted by molar-refractivity contribution is 7.99. The summed E-state index contributed by atoms with van der Waals surface area (Å²) in [5.74, 6) is 0.282. The molecule has 0 bridgehead atoms. The van der Waals surface area contributed by atoms with Crippen molar-refractivity contribution in [3.63, 3.8) is 0 Å². The van der Waals surface area contributed by atoms with E-state index in [-0.39, 0.29) is 17.8 Å². The second-order valence-corrected chi connectivity index (χ2v) is 7.50. The molecule has 1 N–H and O–H groups in total. The molecule has 0 aliphatic heterocycles. The summed E-state index contributed by atoms with van der Waals surface area (Å²) in [6.45, 7) is 3.93. The van der Waals surface area contributed by atoms with Gasteiger partial charge < -0.3 is 14.6 Å². The molecule has 0 unspecified atom stereocenters. The summed E-state index contributed by atoms with van der Waals surface area (Å²) in [5.41, 5.74) is 2.40. The molecule has 0 radical (unpaired) electrons. The van der Waals surface area contributed by atoms with Crippen LogP contribution in [0, 0.1) is 24.0 Å². The topological polar surface area (TPSA) is 125 Å². The third kappa shape index (κ3) is 4.40. The Kier molecular flexibility index (Phi) is 6.31. The van der Waals surface area contributed by atoms with Gasteiger partial charge in [-0.05, 0) is 37.7 Å². The molecular formula is C19H20N6O4S. The zero-order valence-corrected chi connectivity index (χ0v) is 17.7. The van der Waals surface area contributed by atoms with Crippen molar-refractivity contribution in [1.29, 1.82) is 0 Å². The van der Waals surface area contributed by atoms with Gasteiger partial charge >= 0.3 is 0 Å². The number of aryl methyl sites for hydroxylation is 2. The van der Waals surface area contributed by atoms with E-state index in [4.69, 9.17) is 4.74 Å². The Bertz CT molecular complexity index is 1110. The van der Waals surface area contributed by atoms with Gasteiger partial charge in [0.1, 0.15) is 12.1 Å². The largest absolute Gasteiger partial charge is 0.496 e. The quantitative estimate of drug-likeness (QED) is 0.450. The Morgan fingerprint density at radius 2 is 2.13 bits per heavy atom. The minimum Gasteiger partial charge on any atom is -0.496 e. The van der Waals surface area contributed by atoms with Crippen LogP contribution in [0.1, 0.15) is 27.2 Å². The summed E-state index contributed by atoms with van der Waals surface area (Å²) in [5, 5.41) is 22.5. The summed E-state index contributed by atoms with van der Waals surface area (Å²) >= 11 is 1.11. The zero-order chi connectivity index (χ0) is 21.8. The second kappa shape index (κ2) is 8.91. The molecule has 2 aromatic heterocycles. The number of benzene rings is 1. The summed E-state index contributed by atoms with van der Waals surface area (Å²) in [6.07, 6.45) is 3.18. The molecule has 30 heavy (non-hydrogen) atoms. The Morgan fingerprint density at radius 1 is 1.37 bits per heavy atom. The van der Waals surface area contributed by atoms with Gasteiger partial charge in [-0.2, -0.15) is 0 Å². The number of nitrogens with one attached hydrogen (secondary N) is 1. The maximum absolute atomic E-state index is 12.6. The number of amides is 1. The van der Waals surface area contributed by atoms with Crippen molar-refractivity contribution in [3.05, 3.63) is 63.2 Å². The molecule has 0 aliphatic carbocycles. The van der Waals surface area contributed by atoms with E-state index in [2.05, 4.69) is 20.5 Å². The second-order valence-electron chi connectivity index (χ2n) is 6.49. The first kappa shape index (κ1) is 21.2. The lowest BCUT2D eigenvalue weighted by atomic mass is 10.1. The molecule has 0 spiro atoms. The normalized spacial score (nSPS) is 10.7. The molecule has 0 atom stereocenters. The fourth-order valence-electron chi connectivity index (χ4n) is 2.87. The van der Waals surface area contributed by atoms with E-state index in [0.29, 0.717) is 15.7 Å². The maximum Gasteiger partial charge on any atom is 0.284 e. The van der Waals surface area contributed by atoms with Gasteiger partial charge in [0.05, 0.1) is 29.2 Å². The van der Waals surface area contributed by atoms with Crippen molar-refractivity contribution < 1.29 is 14.5 Å². The molecule has 0 saturated heterocycles. The molecular weight excluding hydrogens is 408 g/mol. The van der Waals surface area contributed by atoms with Crippen molar-refractivity contribution in [2.24, 2.45) is 7.05 Å². The van der Waals surface area contributed by atoms with Gasteiger partial charge in [-0.25, -0.2) is 0 Å². The summed E-state index contributed by atoms with van der Waals surface area (Å²) in [6, 6.07) is 4.33. The monoisotopic (exact) mass is 428 g/mol. The molecule has 2 heterocycles. The standard InChI is InChI=1S/C19H20N6O4S/c1-11-8-20-14(12(2)17(11)29-4)9-21-18(26)13-5-6-16(15(7-13)25(27)28)30-19-23-22-10-24(19)3/h5-8,10H,9H2,1-4H3,(H,21,26). The third-order valence-electron chi connectivity index (χ3n) is 4.46. The number of hydrogen-bond acceptors (Lipinski definition) is 8. The Labute approximate surface area is 176 Å². The van der Waals surface area contributed by atoms with E-state index in [1.807, 2.05) is 13.8 Å². The van der Waals surface area contributed by atoms with Gasteiger partial charge in [0.25, 0.3) is 11.6 Å².